The highest BCUT2D eigenvalue weighted by molar-refractivity contribution is 7.12. The van der Waals surface area contributed by atoms with E-state index < -0.39 is 36.2 Å². The summed E-state index contributed by atoms with van der Waals surface area (Å²) < 4.78 is 10.2. The minimum absolute atomic E-state index is 0.0605. The molecule has 2 amide bonds. The van der Waals surface area contributed by atoms with E-state index in [0.29, 0.717) is 22.4 Å². The average molecular weight is 465 g/mol. The first-order valence-electron chi connectivity index (χ1n) is 10.2. The second-order valence-corrected chi connectivity index (χ2v) is 10.1. The van der Waals surface area contributed by atoms with Crippen molar-refractivity contribution in [2.45, 2.75) is 46.3 Å². The van der Waals surface area contributed by atoms with Gasteiger partial charge in [-0.25, -0.2) is 4.79 Å². The lowest BCUT2D eigenvalue weighted by Gasteiger charge is -2.44. The zero-order chi connectivity index (χ0) is 24.0. The minimum atomic E-state index is -0.860. The highest BCUT2D eigenvalue weighted by Crippen LogP contribution is 2.47. The van der Waals surface area contributed by atoms with Crippen LogP contribution in [-0.2, 0) is 23.9 Å². The van der Waals surface area contributed by atoms with Crippen molar-refractivity contribution in [1.82, 2.24) is 9.80 Å². The van der Waals surface area contributed by atoms with Crippen molar-refractivity contribution in [3.05, 3.63) is 27.6 Å². The number of hydrogen-bond donors (Lipinski definition) is 1. The monoisotopic (exact) mass is 464 g/mol. The van der Waals surface area contributed by atoms with Gasteiger partial charge in [0.25, 0.3) is 5.91 Å². The molecule has 3 rings (SSSR count). The van der Waals surface area contributed by atoms with Gasteiger partial charge >= 0.3 is 11.9 Å². The van der Waals surface area contributed by atoms with Gasteiger partial charge in [0, 0.05) is 14.1 Å². The van der Waals surface area contributed by atoms with Crippen molar-refractivity contribution < 1.29 is 33.8 Å². The van der Waals surface area contributed by atoms with E-state index in [4.69, 9.17) is 9.47 Å². The van der Waals surface area contributed by atoms with Crippen LogP contribution >= 0.6 is 11.3 Å². The van der Waals surface area contributed by atoms with Gasteiger partial charge in [-0.15, -0.1) is 11.3 Å². The van der Waals surface area contributed by atoms with Crippen LogP contribution in [0.2, 0.25) is 0 Å². The summed E-state index contributed by atoms with van der Waals surface area (Å²) in [7, 11) is 3.30. The molecule has 3 heterocycles. The van der Waals surface area contributed by atoms with Crippen LogP contribution in [0.5, 0.6) is 0 Å². The molecule has 2 unspecified atom stereocenters. The first kappa shape index (κ1) is 23.9. The van der Waals surface area contributed by atoms with Gasteiger partial charge in [-0.3, -0.25) is 14.4 Å². The summed E-state index contributed by atoms with van der Waals surface area (Å²) in [4.78, 5) is 53.1. The minimum Gasteiger partial charge on any atom is -0.427 e. The van der Waals surface area contributed by atoms with E-state index in [-0.39, 0.29) is 23.6 Å². The smallest absolute Gasteiger partial charge is 0.358 e. The van der Waals surface area contributed by atoms with Crippen molar-refractivity contribution in [3.8, 4) is 0 Å². The van der Waals surface area contributed by atoms with Crippen LogP contribution < -0.4 is 0 Å². The molecule has 0 spiro atoms. The van der Waals surface area contributed by atoms with Gasteiger partial charge < -0.3 is 24.4 Å². The predicted molar refractivity (Wildman–Crippen MR) is 116 cm³/mol. The number of aliphatic hydroxyl groups is 1. The Morgan fingerprint density at radius 2 is 1.94 bits per heavy atom. The summed E-state index contributed by atoms with van der Waals surface area (Å²) in [5, 5.41) is 11.8. The van der Waals surface area contributed by atoms with Crippen molar-refractivity contribution in [2.75, 3.05) is 20.9 Å². The van der Waals surface area contributed by atoms with E-state index in [0.717, 1.165) is 0 Å². The summed E-state index contributed by atoms with van der Waals surface area (Å²) in [5.41, 5.74) is 0.516. The summed E-state index contributed by atoms with van der Waals surface area (Å²) in [6.45, 7) is 6.00. The fourth-order valence-electron chi connectivity index (χ4n) is 3.76. The summed E-state index contributed by atoms with van der Waals surface area (Å²) in [6.07, 6.45) is -0.513. The molecule has 1 N–H and O–H groups in total. The molecule has 0 saturated carbocycles. The number of rotatable bonds is 6. The molecule has 1 fully saturated rings. The van der Waals surface area contributed by atoms with Crippen molar-refractivity contribution in [3.63, 3.8) is 0 Å². The molecule has 1 aromatic rings. The Morgan fingerprint density at radius 3 is 2.50 bits per heavy atom. The van der Waals surface area contributed by atoms with Crippen molar-refractivity contribution in [1.29, 1.82) is 0 Å². The van der Waals surface area contributed by atoms with E-state index in [1.807, 2.05) is 0 Å². The number of hydrogen-bond acceptors (Lipinski definition) is 8. The Bertz CT molecular complexity index is 987. The molecule has 9 nitrogen and oxygen atoms in total. The normalized spacial score (nSPS) is 21.1. The van der Waals surface area contributed by atoms with E-state index in [1.54, 1.807) is 53.2 Å². The summed E-state index contributed by atoms with van der Waals surface area (Å²) in [6, 6.07) is 1.31. The number of nitrogens with zero attached hydrogens (tertiary/aromatic N) is 2. The highest BCUT2D eigenvalue weighted by Gasteiger charge is 2.57. The molecule has 0 aromatic carbocycles. The molecule has 2 aliphatic heterocycles. The van der Waals surface area contributed by atoms with Crippen LogP contribution in [0.3, 0.4) is 0 Å². The lowest BCUT2D eigenvalue weighted by Crippen LogP contribution is -2.61. The fraction of sp³-hybridized carbons (Fsp3) is 0.545. The van der Waals surface area contributed by atoms with Crippen LogP contribution in [0.4, 0.5) is 0 Å². The SMILES string of the molecule is C[C@@H](O)C1C(=O)N2C(C(=O)OCOC(=O)C(C)(C)C)=C(c3csc(C(=O)N(C)C)c3)CC12. The number of ether oxygens (including phenoxy) is 2. The maximum Gasteiger partial charge on any atom is 0.358 e. The summed E-state index contributed by atoms with van der Waals surface area (Å²) >= 11 is 1.24. The van der Waals surface area contributed by atoms with Crippen LogP contribution in [0.25, 0.3) is 5.57 Å². The van der Waals surface area contributed by atoms with Gasteiger partial charge in [-0.1, -0.05) is 0 Å². The molecule has 3 atom stereocenters. The number of fused-ring (bicyclic) bond motifs is 1. The third kappa shape index (κ3) is 4.29. The Balaban J connectivity index is 1.87. The van der Waals surface area contributed by atoms with Crippen LogP contribution in [0.1, 0.15) is 49.4 Å². The maximum absolute atomic E-state index is 12.9. The number of aliphatic hydroxyl groups excluding tert-OH is 1. The largest absolute Gasteiger partial charge is 0.427 e. The molecule has 0 bridgehead atoms. The Morgan fingerprint density at radius 1 is 1.28 bits per heavy atom. The van der Waals surface area contributed by atoms with E-state index in [2.05, 4.69) is 0 Å². The predicted octanol–water partition coefficient (Wildman–Crippen LogP) is 1.86. The molecular weight excluding hydrogens is 436 g/mol. The number of β-lactam (4-membered cyclic amide) rings is 1. The van der Waals surface area contributed by atoms with Gasteiger partial charge in [0.15, 0.2) is 0 Å². The van der Waals surface area contributed by atoms with Crippen molar-refractivity contribution >= 4 is 40.7 Å². The standard InChI is InChI=1S/C22H28N2O7S/c1-11(25)16-14-8-13(12-7-15(32-9-12)18(26)23(5)6)17(24(14)19(16)27)20(28)30-10-31-21(29)22(2,3)4/h7,9,11,14,16,25H,8,10H2,1-6H3/t11-,14?,16?/m1/s1. The lowest BCUT2D eigenvalue weighted by atomic mass is 9.82. The molecule has 1 aromatic heterocycles. The molecule has 0 radical (unpaired) electrons. The van der Waals surface area contributed by atoms with E-state index in [9.17, 15) is 24.3 Å². The first-order valence-corrected chi connectivity index (χ1v) is 11.1. The Labute approximate surface area is 190 Å². The number of esters is 2. The molecule has 10 heteroatoms. The summed E-state index contributed by atoms with van der Waals surface area (Å²) in [5.74, 6) is -2.47. The van der Waals surface area contributed by atoms with Gasteiger partial charge in [0.2, 0.25) is 12.7 Å². The van der Waals surface area contributed by atoms with Crippen LogP contribution in [0.15, 0.2) is 17.1 Å². The third-order valence-electron chi connectivity index (χ3n) is 5.48. The van der Waals surface area contributed by atoms with Gasteiger partial charge in [0.05, 0.1) is 28.4 Å². The van der Waals surface area contributed by atoms with Gasteiger partial charge in [-0.2, -0.15) is 0 Å². The Kier molecular flexibility index (Phi) is 6.48. The second-order valence-electron chi connectivity index (χ2n) is 9.20. The molecule has 174 valence electrons. The third-order valence-corrected chi connectivity index (χ3v) is 6.40. The average Bonchev–Trinajstić information content (AvgIpc) is 3.28. The van der Waals surface area contributed by atoms with Crippen LogP contribution in [-0.4, -0.2) is 71.7 Å². The zero-order valence-corrected chi connectivity index (χ0v) is 19.8. The zero-order valence-electron chi connectivity index (χ0n) is 19.0. The molecule has 32 heavy (non-hydrogen) atoms. The van der Waals surface area contributed by atoms with E-state index in [1.165, 1.54) is 21.1 Å². The lowest BCUT2D eigenvalue weighted by molar-refractivity contribution is -0.175. The number of carbonyl (C=O) groups is 4. The van der Waals surface area contributed by atoms with Crippen LogP contribution in [0, 0.1) is 11.3 Å². The topological polar surface area (TPSA) is 113 Å². The Hall–Kier alpha value is -2.72. The van der Waals surface area contributed by atoms with Gasteiger partial charge in [-0.05, 0) is 56.7 Å². The first-order chi connectivity index (χ1) is 14.8. The van der Waals surface area contributed by atoms with E-state index >= 15 is 0 Å². The second kappa shape index (κ2) is 8.67. The quantitative estimate of drug-likeness (QED) is 0.388. The molecule has 0 aliphatic carbocycles. The number of thiophene rings is 1. The highest BCUT2D eigenvalue weighted by atomic mass is 32.1. The van der Waals surface area contributed by atoms with Gasteiger partial charge in [0.1, 0.15) is 5.70 Å². The number of carbonyl (C=O) groups excluding carboxylic acids is 4. The van der Waals surface area contributed by atoms with Crippen molar-refractivity contribution in [2.24, 2.45) is 11.3 Å². The molecule has 2 aliphatic rings. The maximum atomic E-state index is 12.9. The molecule has 1 saturated heterocycles. The number of amides is 2. The molecular formula is C22H28N2O7S. The fourth-order valence-corrected chi connectivity index (χ4v) is 4.71.